The van der Waals surface area contributed by atoms with Crippen LogP contribution in [0, 0.1) is 5.82 Å². The summed E-state index contributed by atoms with van der Waals surface area (Å²) in [4.78, 5) is -0.0429. The summed E-state index contributed by atoms with van der Waals surface area (Å²) in [6, 6.07) is 10.4. The van der Waals surface area contributed by atoms with E-state index >= 15 is 0 Å². The van der Waals surface area contributed by atoms with Gasteiger partial charge in [-0.1, -0.05) is 45.7 Å². The molecule has 20 heavy (non-hydrogen) atoms. The highest BCUT2D eigenvalue weighted by atomic mass is 79.9. The highest BCUT2D eigenvalue weighted by molar-refractivity contribution is 9.10. The van der Waals surface area contributed by atoms with Crippen molar-refractivity contribution in [3.63, 3.8) is 0 Å². The van der Waals surface area contributed by atoms with Crippen LogP contribution in [-0.2, 0) is 16.6 Å². The van der Waals surface area contributed by atoms with Crippen LogP contribution in [0.3, 0.4) is 0 Å². The van der Waals surface area contributed by atoms with Gasteiger partial charge in [0.2, 0.25) is 10.0 Å². The fourth-order valence-corrected chi connectivity index (χ4v) is 3.63. The summed E-state index contributed by atoms with van der Waals surface area (Å²) < 4.78 is 40.7. The molecule has 0 aromatic heterocycles. The van der Waals surface area contributed by atoms with Gasteiger partial charge in [-0.3, -0.25) is 0 Å². The Morgan fingerprint density at radius 3 is 2.55 bits per heavy atom. The van der Waals surface area contributed by atoms with E-state index in [0.717, 1.165) is 0 Å². The number of hydrogen-bond donors (Lipinski definition) is 1. The molecule has 3 nitrogen and oxygen atoms in total. The number of sulfonamides is 1. The number of hydrogen-bond acceptors (Lipinski definition) is 2. The monoisotopic (exact) mass is 377 g/mol. The Labute approximate surface area is 130 Å². The fourth-order valence-electron chi connectivity index (χ4n) is 1.59. The highest BCUT2D eigenvalue weighted by Crippen LogP contribution is 2.25. The maximum absolute atomic E-state index is 13.4. The lowest BCUT2D eigenvalue weighted by Gasteiger charge is -2.09. The van der Waals surface area contributed by atoms with Crippen molar-refractivity contribution in [2.24, 2.45) is 0 Å². The summed E-state index contributed by atoms with van der Waals surface area (Å²) in [6.45, 7) is -0.138. The van der Waals surface area contributed by atoms with Crippen LogP contribution in [0.25, 0.3) is 0 Å². The number of halogens is 3. The average Bonchev–Trinajstić information content (AvgIpc) is 2.37. The molecular formula is C13H10BrClFNO2S. The molecule has 0 saturated heterocycles. The lowest BCUT2D eigenvalue weighted by atomic mass is 10.2. The fraction of sp³-hybridized carbons (Fsp3) is 0.0769. The van der Waals surface area contributed by atoms with Crippen LogP contribution in [0.15, 0.2) is 51.8 Å². The van der Waals surface area contributed by atoms with Crippen LogP contribution < -0.4 is 4.72 Å². The molecule has 0 radical (unpaired) electrons. The Kier molecular flexibility index (Phi) is 4.80. The second kappa shape index (κ2) is 6.22. The standard InChI is InChI=1S/C13H10BrClFNO2S/c14-10-5-6-13(11(15)7-10)20(18,19)17-8-9-3-1-2-4-12(9)16/h1-7,17H,8H2. The van der Waals surface area contributed by atoms with Gasteiger partial charge in [0.15, 0.2) is 0 Å². The Bertz CT molecular complexity index is 737. The largest absolute Gasteiger partial charge is 0.242 e. The third kappa shape index (κ3) is 3.58. The molecule has 2 rings (SSSR count). The average molecular weight is 379 g/mol. The van der Waals surface area contributed by atoms with Gasteiger partial charge in [-0.2, -0.15) is 0 Å². The van der Waals surface area contributed by atoms with Crippen molar-refractivity contribution in [2.75, 3.05) is 0 Å². The van der Waals surface area contributed by atoms with Crippen molar-refractivity contribution < 1.29 is 12.8 Å². The molecular weight excluding hydrogens is 369 g/mol. The maximum Gasteiger partial charge on any atom is 0.242 e. The smallest absolute Gasteiger partial charge is 0.207 e. The zero-order valence-electron chi connectivity index (χ0n) is 10.1. The molecule has 0 unspecified atom stereocenters. The van der Waals surface area contributed by atoms with Crippen molar-refractivity contribution in [3.8, 4) is 0 Å². The molecule has 0 aliphatic heterocycles. The van der Waals surface area contributed by atoms with Crippen molar-refractivity contribution >= 4 is 37.6 Å². The van der Waals surface area contributed by atoms with E-state index in [0.29, 0.717) is 4.47 Å². The Morgan fingerprint density at radius 2 is 1.90 bits per heavy atom. The first-order chi connectivity index (χ1) is 9.40. The summed E-state index contributed by atoms with van der Waals surface area (Å²) in [7, 11) is -3.79. The van der Waals surface area contributed by atoms with E-state index in [4.69, 9.17) is 11.6 Å². The lowest BCUT2D eigenvalue weighted by molar-refractivity contribution is 0.574. The SMILES string of the molecule is O=S(=O)(NCc1ccccc1F)c1ccc(Br)cc1Cl. The summed E-state index contributed by atoms with van der Waals surface area (Å²) in [6.07, 6.45) is 0. The van der Waals surface area contributed by atoms with Crippen LogP contribution in [0.5, 0.6) is 0 Å². The van der Waals surface area contributed by atoms with Crippen molar-refractivity contribution in [1.82, 2.24) is 4.72 Å². The molecule has 0 bridgehead atoms. The minimum atomic E-state index is -3.79. The molecule has 2 aromatic rings. The van der Waals surface area contributed by atoms with Crippen LogP contribution in [0.1, 0.15) is 5.56 Å². The van der Waals surface area contributed by atoms with E-state index in [9.17, 15) is 12.8 Å². The molecule has 0 fully saturated rings. The van der Waals surface area contributed by atoms with Gasteiger partial charge in [-0.25, -0.2) is 17.5 Å². The first-order valence-corrected chi connectivity index (χ1v) is 8.24. The first-order valence-electron chi connectivity index (χ1n) is 5.58. The third-order valence-electron chi connectivity index (χ3n) is 2.59. The van der Waals surface area contributed by atoms with E-state index in [1.54, 1.807) is 18.2 Å². The van der Waals surface area contributed by atoms with Crippen LogP contribution >= 0.6 is 27.5 Å². The van der Waals surface area contributed by atoms with Crippen molar-refractivity contribution in [3.05, 3.63) is 63.3 Å². The summed E-state index contributed by atoms with van der Waals surface area (Å²) in [5.74, 6) is -0.461. The highest BCUT2D eigenvalue weighted by Gasteiger charge is 2.18. The van der Waals surface area contributed by atoms with Gasteiger partial charge in [0.05, 0.1) is 5.02 Å². The third-order valence-corrected chi connectivity index (χ3v) is 4.97. The van der Waals surface area contributed by atoms with Gasteiger partial charge >= 0.3 is 0 Å². The summed E-state index contributed by atoms with van der Waals surface area (Å²) >= 11 is 9.10. The molecule has 2 aromatic carbocycles. The van der Waals surface area contributed by atoms with Crippen LogP contribution in [0.2, 0.25) is 5.02 Å². The zero-order chi connectivity index (χ0) is 14.8. The molecule has 0 atom stereocenters. The van der Waals surface area contributed by atoms with E-state index in [2.05, 4.69) is 20.7 Å². The number of nitrogens with one attached hydrogen (secondary N) is 1. The van der Waals surface area contributed by atoms with E-state index < -0.39 is 15.8 Å². The molecule has 106 valence electrons. The Hall–Kier alpha value is -0.950. The maximum atomic E-state index is 13.4. The quantitative estimate of drug-likeness (QED) is 0.881. The number of benzene rings is 2. The molecule has 0 spiro atoms. The van der Waals surface area contributed by atoms with Gasteiger partial charge in [0.1, 0.15) is 10.7 Å². The van der Waals surface area contributed by atoms with E-state index in [-0.39, 0.29) is 22.0 Å². The topological polar surface area (TPSA) is 46.2 Å². The predicted octanol–water partition coefficient (Wildman–Crippen LogP) is 3.72. The van der Waals surface area contributed by atoms with E-state index in [1.807, 2.05) is 0 Å². The summed E-state index contributed by atoms with van der Waals surface area (Å²) in [5.41, 5.74) is 0.268. The zero-order valence-corrected chi connectivity index (χ0v) is 13.3. The van der Waals surface area contributed by atoms with Gasteiger partial charge in [-0.05, 0) is 24.3 Å². The second-order valence-corrected chi connectivity index (χ2v) is 7.05. The molecule has 0 saturated carbocycles. The Balaban J connectivity index is 2.22. The second-order valence-electron chi connectivity index (χ2n) is 3.99. The van der Waals surface area contributed by atoms with Crippen molar-refractivity contribution in [2.45, 2.75) is 11.4 Å². The number of rotatable bonds is 4. The molecule has 0 heterocycles. The lowest BCUT2D eigenvalue weighted by Crippen LogP contribution is -2.24. The molecule has 7 heteroatoms. The molecule has 0 aliphatic rings. The molecule has 1 N–H and O–H groups in total. The van der Waals surface area contributed by atoms with Crippen LogP contribution in [-0.4, -0.2) is 8.42 Å². The van der Waals surface area contributed by atoms with Gasteiger partial charge < -0.3 is 0 Å². The normalized spacial score (nSPS) is 11.6. The van der Waals surface area contributed by atoms with Gasteiger partial charge in [-0.15, -0.1) is 0 Å². The predicted molar refractivity (Wildman–Crippen MR) is 79.6 cm³/mol. The Morgan fingerprint density at radius 1 is 1.20 bits per heavy atom. The molecule has 0 aliphatic carbocycles. The van der Waals surface area contributed by atoms with Crippen molar-refractivity contribution in [1.29, 1.82) is 0 Å². The molecule has 0 amide bonds. The minimum absolute atomic E-state index is 0.0429. The van der Waals surface area contributed by atoms with Gasteiger partial charge in [0, 0.05) is 16.6 Å². The van der Waals surface area contributed by atoms with Gasteiger partial charge in [0.25, 0.3) is 0 Å². The van der Waals surface area contributed by atoms with Crippen LogP contribution in [0.4, 0.5) is 4.39 Å². The summed E-state index contributed by atoms with van der Waals surface area (Å²) in [5, 5.41) is 0.0976. The first kappa shape index (κ1) is 15.4. The minimum Gasteiger partial charge on any atom is -0.207 e. The van der Waals surface area contributed by atoms with E-state index in [1.165, 1.54) is 24.3 Å².